The topological polar surface area (TPSA) is 28.3 Å². The highest BCUT2D eigenvalue weighted by atomic mass is 16.5. The number of aromatic amines is 1. The predicted molar refractivity (Wildman–Crippen MR) is 43.8 cm³/mol. The van der Waals surface area contributed by atoms with E-state index in [-0.39, 0.29) is 0 Å². The average Bonchev–Trinajstić information content (AvgIpc) is 2.58. The number of rotatable bonds is 1. The molecule has 0 aromatic carbocycles. The molecule has 1 saturated heterocycles. The van der Waals surface area contributed by atoms with Gasteiger partial charge in [-0.3, -0.25) is 0 Å². The lowest BCUT2D eigenvalue weighted by molar-refractivity contribution is 0.122. The highest BCUT2D eigenvalue weighted by Gasteiger charge is 2.10. The molecule has 0 spiro atoms. The molecule has 0 aliphatic carbocycles. The van der Waals surface area contributed by atoms with E-state index in [1.807, 2.05) is 12.4 Å². The maximum Gasteiger partial charge on any atom is 0.0642 e. The minimum Gasteiger partial charge on any atom is -0.378 e. The number of H-pyrrole nitrogens is 1. The molecule has 3 nitrogen and oxygen atoms in total. The summed E-state index contributed by atoms with van der Waals surface area (Å²) in [6, 6.07) is 2.09. The van der Waals surface area contributed by atoms with E-state index in [1.54, 1.807) is 0 Å². The molecule has 0 unspecified atom stereocenters. The van der Waals surface area contributed by atoms with Crippen LogP contribution in [0.4, 0.5) is 5.69 Å². The summed E-state index contributed by atoms with van der Waals surface area (Å²) >= 11 is 0. The summed E-state index contributed by atoms with van der Waals surface area (Å²) in [6.45, 7) is 3.73. The molecule has 0 atom stereocenters. The van der Waals surface area contributed by atoms with Gasteiger partial charge in [0.1, 0.15) is 0 Å². The molecule has 1 fully saturated rings. The number of hydrogen-bond donors (Lipinski definition) is 1. The fraction of sp³-hybridized carbons (Fsp3) is 0.500. The molecule has 0 bridgehead atoms. The minimum absolute atomic E-state index is 0.852. The molecule has 1 N–H and O–H groups in total. The second-order valence-electron chi connectivity index (χ2n) is 2.67. The Morgan fingerprint density at radius 1 is 1.36 bits per heavy atom. The van der Waals surface area contributed by atoms with E-state index in [9.17, 15) is 0 Å². The van der Waals surface area contributed by atoms with Gasteiger partial charge in [-0.05, 0) is 6.07 Å². The molecular weight excluding hydrogens is 140 g/mol. The van der Waals surface area contributed by atoms with E-state index in [1.165, 1.54) is 5.69 Å². The van der Waals surface area contributed by atoms with Gasteiger partial charge < -0.3 is 14.6 Å². The number of aromatic nitrogens is 1. The Morgan fingerprint density at radius 3 is 2.82 bits per heavy atom. The number of hydrogen-bond acceptors (Lipinski definition) is 2. The molecule has 3 heteroatoms. The fourth-order valence-corrected chi connectivity index (χ4v) is 1.33. The highest BCUT2D eigenvalue weighted by Crippen LogP contribution is 2.13. The van der Waals surface area contributed by atoms with Crippen molar-refractivity contribution in [1.82, 2.24) is 4.98 Å². The number of anilines is 1. The number of morpholine rings is 1. The molecule has 1 aliphatic rings. The third-order valence-corrected chi connectivity index (χ3v) is 1.96. The van der Waals surface area contributed by atoms with Crippen molar-refractivity contribution in [1.29, 1.82) is 0 Å². The van der Waals surface area contributed by atoms with Gasteiger partial charge in [0.25, 0.3) is 0 Å². The van der Waals surface area contributed by atoms with Crippen molar-refractivity contribution in [2.75, 3.05) is 31.2 Å². The van der Waals surface area contributed by atoms with Gasteiger partial charge in [-0.2, -0.15) is 0 Å². The van der Waals surface area contributed by atoms with Crippen molar-refractivity contribution in [3.63, 3.8) is 0 Å². The standard InChI is InChI=1S/C8H12N2O/c1-2-9-7-8(1)10-3-5-11-6-4-10/h1-2,7,9H,3-6H2. The largest absolute Gasteiger partial charge is 0.378 e. The first-order valence-corrected chi connectivity index (χ1v) is 3.92. The van der Waals surface area contributed by atoms with Gasteiger partial charge in [0, 0.05) is 25.5 Å². The first-order chi connectivity index (χ1) is 5.47. The maximum absolute atomic E-state index is 5.25. The fourth-order valence-electron chi connectivity index (χ4n) is 1.33. The van der Waals surface area contributed by atoms with Gasteiger partial charge in [-0.15, -0.1) is 0 Å². The summed E-state index contributed by atoms with van der Waals surface area (Å²) in [5.41, 5.74) is 1.27. The lowest BCUT2D eigenvalue weighted by atomic mass is 10.4. The first-order valence-electron chi connectivity index (χ1n) is 3.92. The molecular formula is C8H12N2O. The number of nitrogens with zero attached hydrogens (tertiary/aromatic N) is 1. The van der Waals surface area contributed by atoms with Gasteiger partial charge in [0.2, 0.25) is 0 Å². The van der Waals surface area contributed by atoms with E-state index in [0.717, 1.165) is 26.3 Å². The third kappa shape index (κ3) is 1.38. The maximum atomic E-state index is 5.25. The molecule has 0 saturated carbocycles. The summed E-state index contributed by atoms with van der Waals surface area (Å²) in [7, 11) is 0. The number of ether oxygens (including phenoxy) is 1. The Labute approximate surface area is 66.0 Å². The second kappa shape index (κ2) is 2.96. The van der Waals surface area contributed by atoms with Gasteiger partial charge in [0.15, 0.2) is 0 Å². The zero-order valence-electron chi connectivity index (χ0n) is 6.42. The monoisotopic (exact) mass is 152 g/mol. The summed E-state index contributed by atoms with van der Waals surface area (Å²) in [4.78, 5) is 5.36. The van der Waals surface area contributed by atoms with Crippen LogP contribution < -0.4 is 4.90 Å². The zero-order chi connectivity index (χ0) is 7.52. The molecule has 0 amide bonds. The molecule has 60 valence electrons. The SMILES string of the molecule is c1cc(N2CCOCC2)c[nH]1. The Balaban J connectivity index is 2.04. The Bertz CT molecular complexity index is 202. The van der Waals surface area contributed by atoms with Crippen molar-refractivity contribution in [2.24, 2.45) is 0 Å². The lowest BCUT2D eigenvalue weighted by Gasteiger charge is -2.27. The second-order valence-corrected chi connectivity index (χ2v) is 2.67. The van der Waals surface area contributed by atoms with Crippen LogP contribution in [0.2, 0.25) is 0 Å². The normalized spacial score (nSPS) is 18.7. The van der Waals surface area contributed by atoms with Crippen molar-refractivity contribution in [3.8, 4) is 0 Å². The molecule has 2 rings (SSSR count). The molecule has 1 aromatic rings. The van der Waals surface area contributed by atoms with Gasteiger partial charge >= 0.3 is 0 Å². The molecule has 0 radical (unpaired) electrons. The Kier molecular flexibility index (Phi) is 1.81. The van der Waals surface area contributed by atoms with Crippen LogP contribution in [-0.2, 0) is 4.74 Å². The van der Waals surface area contributed by atoms with Crippen molar-refractivity contribution in [2.45, 2.75) is 0 Å². The van der Waals surface area contributed by atoms with Crippen LogP contribution in [0.25, 0.3) is 0 Å². The van der Waals surface area contributed by atoms with Gasteiger partial charge in [-0.1, -0.05) is 0 Å². The van der Waals surface area contributed by atoms with Crippen LogP contribution in [-0.4, -0.2) is 31.3 Å². The van der Waals surface area contributed by atoms with Crippen molar-refractivity contribution < 1.29 is 4.74 Å². The average molecular weight is 152 g/mol. The molecule has 1 aromatic heterocycles. The Hall–Kier alpha value is -0.960. The van der Waals surface area contributed by atoms with Crippen LogP contribution in [0.15, 0.2) is 18.5 Å². The van der Waals surface area contributed by atoms with Crippen LogP contribution >= 0.6 is 0 Å². The summed E-state index contributed by atoms with van der Waals surface area (Å²) < 4.78 is 5.25. The van der Waals surface area contributed by atoms with E-state index in [2.05, 4.69) is 16.0 Å². The Morgan fingerprint density at radius 2 is 2.18 bits per heavy atom. The lowest BCUT2D eigenvalue weighted by Crippen LogP contribution is -2.35. The van der Waals surface area contributed by atoms with Gasteiger partial charge in [0.05, 0.1) is 18.9 Å². The first kappa shape index (κ1) is 6.73. The summed E-state index contributed by atoms with van der Waals surface area (Å²) in [6.07, 6.45) is 3.97. The van der Waals surface area contributed by atoms with Crippen LogP contribution in [0.5, 0.6) is 0 Å². The van der Waals surface area contributed by atoms with Gasteiger partial charge in [-0.25, -0.2) is 0 Å². The highest BCUT2D eigenvalue weighted by molar-refractivity contribution is 5.44. The zero-order valence-corrected chi connectivity index (χ0v) is 6.42. The predicted octanol–water partition coefficient (Wildman–Crippen LogP) is 0.851. The van der Waals surface area contributed by atoms with Crippen molar-refractivity contribution >= 4 is 5.69 Å². The minimum atomic E-state index is 0.852. The van der Waals surface area contributed by atoms with Crippen LogP contribution in [0.1, 0.15) is 0 Å². The van der Waals surface area contributed by atoms with Crippen LogP contribution in [0, 0.1) is 0 Å². The molecule has 2 heterocycles. The van der Waals surface area contributed by atoms with Crippen molar-refractivity contribution in [3.05, 3.63) is 18.5 Å². The van der Waals surface area contributed by atoms with E-state index in [0.29, 0.717) is 0 Å². The molecule has 11 heavy (non-hydrogen) atoms. The smallest absolute Gasteiger partial charge is 0.0642 e. The van der Waals surface area contributed by atoms with E-state index >= 15 is 0 Å². The van der Waals surface area contributed by atoms with E-state index < -0.39 is 0 Å². The summed E-state index contributed by atoms with van der Waals surface area (Å²) in [5, 5.41) is 0. The third-order valence-electron chi connectivity index (χ3n) is 1.96. The van der Waals surface area contributed by atoms with Crippen LogP contribution in [0.3, 0.4) is 0 Å². The quantitative estimate of drug-likeness (QED) is 0.646. The van der Waals surface area contributed by atoms with E-state index in [4.69, 9.17) is 4.74 Å². The summed E-state index contributed by atoms with van der Waals surface area (Å²) in [5.74, 6) is 0. The molecule has 1 aliphatic heterocycles. The number of nitrogens with one attached hydrogen (secondary N) is 1.